The van der Waals surface area contributed by atoms with Crippen LogP contribution in [0.25, 0.3) is 0 Å². The minimum Gasteiger partial charge on any atom is -0.495 e. The first kappa shape index (κ1) is 29.3. The number of nitrogens with one attached hydrogen (secondary N) is 4. The van der Waals surface area contributed by atoms with Crippen LogP contribution in [0.1, 0.15) is 54.0 Å². The second kappa shape index (κ2) is 12.3. The highest BCUT2D eigenvalue weighted by Gasteiger charge is 2.44. The number of H-pyrrole nitrogens is 1. The molecule has 41 heavy (non-hydrogen) atoms. The van der Waals surface area contributed by atoms with Crippen LogP contribution in [0.3, 0.4) is 0 Å². The Balaban J connectivity index is 1.50. The summed E-state index contributed by atoms with van der Waals surface area (Å²) in [7, 11) is 5.40. The van der Waals surface area contributed by atoms with Gasteiger partial charge in [-0.3, -0.25) is 14.7 Å². The van der Waals surface area contributed by atoms with Crippen LogP contribution in [0.5, 0.6) is 5.75 Å². The number of hydrogen-bond donors (Lipinski definition) is 4. The molecule has 1 atom stereocenters. The molecule has 4 N–H and O–H groups in total. The van der Waals surface area contributed by atoms with Gasteiger partial charge in [0, 0.05) is 17.7 Å². The van der Waals surface area contributed by atoms with Crippen molar-refractivity contribution in [3.63, 3.8) is 0 Å². The molecular formula is C30H37N7O4. The fourth-order valence-electron chi connectivity index (χ4n) is 4.90. The highest BCUT2D eigenvalue weighted by atomic mass is 16.5. The summed E-state index contributed by atoms with van der Waals surface area (Å²) >= 11 is 0. The SMILES string of the molecule is C/C=C/C(=O)Nc1ccc(C(=O)Nc2n[nH]c3c2CN(C(=O)N[C@H](CN(C)C)c2ccccc2)C3(C)C)cc1OC. The van der Waals surface area contributed by atoms with Crippen molar-refractivity contribution < 1.29 is 19.1 Å². The molecule has 4 amide bonds. The topological polar surface area (TPSA) is 132 Å². The van der Waals surface area contributed by atoms with Gasteiger partial charge in [0.1, 0.15) is 5.75 Å². The van der Waals surface area contributed by atoms with Crippen molar-refractivity contribution in [2.24, 2.45) is 0 Å². The molecule has 0 radical (unpaired) electrons. The van der Waals surface area contributed by atoms with E-state index in [1.54, 1.807) is 36.1 Å². The minimum atomic E-state index is -0.690. The summed E-state index contributed by atoms with van der Waals surface area (Å²) in [5.41, 5.74) is 2.59. The van der Waals surface area contributed by atoms with Crippen LogP contribution >= 0.6 is 0 Å². The Morgan fingerprint density at radius 1 is 1.15 bits per heavy atom. The number of carbonyl (C=O) groups is 3. The first-order valence-corrected chi connectivity index (χ1v) is 13.3. The van der Waals surface area contributed by atoms with Crippen LogP contribution < -0.4 is 20.7 Å². The van der Waals surface area contributed by atoms with Gasteiger partial charge in [-0.2, -0.15) is 5.10 Å². The molecule has 0 saturated carbocycles. The van der Waals surface area contributed by atoms with Gasteiger partial charge in [-0.05, 0) is 64.7 Å². The average molecular weight is 560 g/mol. The predicted octanol–water partition coefficient (Wildman–Crippen LogP) is 4.25. The van der Waals surface area contributed by atoms with E-state index in [0.29, 0.717) is 29.4 Å². The number of aromatic amines is 1. The highest BCUT2D eigenvalue weighted by Crippen LogP contribution is 2.41. The molecule has 3 aromatic rings. The minimum absolute atomic E-state index is 0.202. The van der Waals surface area contributed by atoms with Crippen molar-refractivity contribution in [1.29, 1.82) is 0 Å². The Labute approximate surface area is 239 Å². The fourth-order valence-corrected chi connectivity index (χ4v) is 4.90. The smallest absolute Gasteiger partial charge is 0.319 e. The van der Waals surface area contributed by atoms with Gasteiger partial charge < -0.3 is 30.5 Å². The Hall–Kier alpha value is -4.64. The standard InChI is InChI=1S/C30H37N7O4/c1-7-11-25(38)31-22-15-14-20(16-24(22)41-6)28(39)33-27-21-17-37(30(2,3)26(21)34-35-27)29(40)32-23(18-36(4)5)19-12-9-8-10-13-19/h7-16,23H,17-18H2,1-6H3,(H,31,38)(H,32,40)(H2,33,34,35,39)/b11-7+/t23-/m1/s1. The van der Waals surface area contributed by atoms with E-state index < -0.39 is 11.4 Å². The third-order valence-electron chi connectivity index (χ3n) is 7.03. The first-order valence-electron chi connectivity index (χ1n) is 13.3. The molecule has 11 heteroatoms. The molecule has 0 bridgehead atoms. The summed E-state index contributed by atoms with van der Waals surface area (Å²) in [6, 6.07) is 14.2. The van der Waals surface area contributed by atoms with Crippen LogP contribution in [-0.2, 0) is 16.9 Å². The predicted molar refractivity (Wildman–Crippen MR) is 158 cm³/mol. The zero-order valence-electron chi connectivity index (χ0n) is 24.2. The number of amides is 4. The molecule has 0 unspecified atom stereocenters. The van der Waals surface area contributed by atoms with Crippen molar-refractivity contribution in [1.82, 2.24) is 25.3 Å². The number of nitrogens with zero attached hydrogens (tertiary/aromatic N) is 3. The van der Waals surface area contributed by atoms with E-state index in [9.17, 15) is 14.4 Å². The van der Waals surface area contributed by atoms with Crippen molar-refractivity contribution in [2.45, 2.75) is 38.9 Å². The molecular weight excluding hydrogens is 522 g/mol. The van der Waals surface area contributed by atoms with Gasteiger partial charge in [0.25, 0.3) is 5.91 Å². The van der Waals surface area contributed by atoms with Crippen molar-refractivity contribution in [3.05, 3.63) is 83.1 Å². The Morgan fingerprint density at radius 3 is 2.54 bits per heavy atom. The maximum absolute atomic E-state index is 13.6. The zero-order chi connectivity index (χ0) is 29.7. The number of ether oxygens (including phenoxy) is 1. The molecule has 1 aliphatic rings. The molecule has 0 spiro atoms. The molecule has 11 nitrogen and oxygen atoms in total. The lowest BCUT2D eigenvalue weighted by Gasteiger charge is -2.34. The number of aromatic nitrogens is 2. The number of benzene rings is 2. The number of urea groups is 1. The largest absolute Gasteiger partial charge is 0.495 e. The average Bonchev–Trinajstić information content (AvgIpc) is 3.46. The summed E-state index contributed by atoms with van der Waals surface area (Å²) in [4.78, 5) is 42.5. The van der Waals surface area contributed by atoms with E-state index in [1.165, 1.54) is 13.2 Å². The highest BCUT2D eigenvalue weighted by molar-refractivity contribution is 6.06. The molecule has 0 saturated heterocycles. The number of anilines is 2. The third kappa shape index (κ3) is 6.41. The maximum atomic E-state index is 13.6. The molecule has 2 heterocycles. The number of methoxy groups -OCH3 is 1. The number of allylic oxidation sites excluding steroid dienone is 1. The van der Waals surface area contributed by atoms with Crippen LogP contribution in [-0.4, -0.2) is 65.6 Å². The maximum Gasteiger partial charge on any atom is 0.319 e. The zero-order valence-corrected chi connectivity index (χ0v) is 24.2. The van der Waals surface area contributed by atoms with E-state index in [4.69, 9.17) is 4.74 Å². The molecule has 216 valence electrons. The van der Waals surface area contributed by atoms with Gasteiger partial charge in [-0.15, -0.1) is 0 Å². The van der Waals surface area contributed by atoms with Crippen LogP contribution in [0.15, 0.2) is 60.7 Å². The molecule has 0 aliphatic carbocycles. The molecule has 2 aromatic carbocycles. The summed E-state index contributed by atoms with van der Waals surface area (Å²) in [6.07, 6.45) is 3.02. The Morgan fingerprint density at radius 2 is 1.88 bits per heavy atom. The fraction of sp³-hybridized carbons (Fsp3) is 0.333. The van der Waals surface area contributed by atoms with Crippen molar-refractivity contribution >= 4 is 29.4 Å². The lowest BCUT2D eigenvalue weighted by Crippen LogP contribution is -2.48. The molecule has 4 rings (SSSR count). The third-order valence-corrected chi connectivity index (χ3v) is 7.03. The number of rotatable bonds is 9. The van der Waals surface area contributed by atoms with E-state index in [1.807, 2.05) is 63.2 Å². The van der Waals surface area contributed by atoms with Gasteiger partial charge >= 0.3 is 6.03 Å². The van der Waals surface area contributed by atoms with Gasteiger partial charge in [0.05, 0.1) is 36.6 Å². The molecule has 1 aromatic heterocycles. The number of likely N-dealkylation sites (N-methyl/N-ethyl adjacent to an activating group) is 1. The Kier molecular flexibility index (Phi) is 8.77. The number of carbonyl (C=O) groups excluding carboxylic acids is 3. The lowest BCUT2D eigenvalue weighted by atomic mass is 10.0. The summed E-state index contributed by atoms with van der Waals surface area (Å²) in [5, 5.41) is 16.1. The van der Waals surface area contributed by atoms with Crippen LogP contribution in [0.2, 0.25) is 0 Å². The normalized spacial score (nSPS) is 14.6. The van der Waals surface area contributed by atoms with Gasteiger partial charge in [-0.25, -0.2) is 4.79 Å². The van der Waals surface area contributed by atoms with Crippen LogP contribution in [0.4, 0.5) is 16.3 Å². The summed E-state index contributed by atoms with van der Waals surface area (Å²) in [5.74, 6) is -0.00834. The monoisotopic (exact) mass is 559 g/mol. The van der Waals surface area contributed by atoms with E-state index in [-0.39, 0.29) is 24.5 Å². The van der Waals surface area contributed by atoms with Crippen molar-refractivity contribution in [2.75, 3.05) is 38.4 Å². The molecule has 1 aliphatic heterocycles. The second-order valence-electron chi connectivity index (χ2n) is 10.6. The van der Waals surface area contributed by atoms with Crippen molar-refractivity contribution in [3.8, 4) is 5.75 Å². The van der Waals surface area contributed by atoms with Gasteiger partial charge in [0.15, 0.2) is 5.82 Å². The number of fused-ring (bicyclic) bond motifs is 1. The van der Waals surface area contributed by atoms with Gasteiger partial charge in [-0.1, -0.05) is 36.4 Å². The summed E-state index contributed by atoms with van der Waals surface area (Å²) < 4.78 is 5.38. The van der Waals surface area contributed by atoms with E-state index >= 15 is 0 Å². The lowest BCUT2D eigenvalue weighted by molar-refractivity contribution is -0.111. The van der Waals surface area contributed by atoms with E-state index in [2.05, 4.69) is 26.1 Å². The Bertz CT molecular complexity index is 1450. The molecule has 0 fully saturated rings. The number of hydrogen-bond acceptors (Lipinski definition) is 6. The quantitative estimate of drug-likeness (QED) is 0.290. The van der Waals surface area contributed by atoms with Gasteiger partial charge in [0.2, 0.25) is 5.91 Å². The first-order chi connectivity index (χ1) is 19.5. The summed E-state index contributed by atoms with van der Waals surface area (Å²) in [6.45, 7) is 6.53. The van der Waals surface area contributed by atoms with Crippen LogP contribution in [0, 0.1) is 0 Å². The van der Waals surface area contributed by atoms with E-state index in [0.717, 1.165) is 16.8 Å². The second-order valence-corrected chi connectivity index (χ2v) is 10.6.